The summed E-state index contributed by atoms with van der Waals surface area (Å²) >= 11 is 6.00. The van der Waals surface area contributed by atoms with Crippen LogP contribution in [0, 0.1) is 5.82 Å². The van der Waals surface area contributed by atoms with Gasteiger partial charge in [0.15, 0.2) is 0 Å². The van der Waals surface area contributed by atoms with Gasteiger partial charge in [0, 0.05) is 0 Å². The summed E-state index contributed by atoms with van der Waals surface area (Å²) in [6.07, 6.45) is 0.640. The van der Waals surface area contributed by atoms with Gasteiger partial charge in [-0.2, -0.15) is 0 Å². The first kappa shape index (κ1) is 14.8. The van der Waals surface area contributed by atoms with E-state index in [0.717, 1.165) is 11.1 Å². The smallest absolute Gasteiger partial charge is 0.137 e. The van der Waals surface area contributed by atoms with Crippen LogP contribution in [0.5, 0.6) is 5.75 Å². The van der Waals surface area contributed by atoms with Gasteiger partial charge in [0.2, 0.25) is 0 Å². The molecule has 20 heavy (non-hydrogen) atoms. The van der Waals surface area contributed by atoms with Crippen LogP contribution in [-0.4, -0.2) is 7.11 Å². The molecule has 3 N–H and O–H groups in total. The van der Waals surface area contributed by atoms with E-state index in [1.54, 1.807) is 25.3 Å². The Balaban J connectivity index is 2.21. The second-order valence-corrected chi connectivity index (χ2v) is 4.85. The molecule has 1 atom stereocenters. The fourth-order valence-corrected chi connectivity index (χ4v) is 2.22. The fraction of sp³-hybridized carbons (Fsp3) is 0.200. The molecule has 0 radical (unpaired) electrons. The van der Waals surface area contributed by atoms with Gasteiger partial charge in [-0.15, -0.1) is 0 Å². The zero-order valence-corrected chi connectivity index (χ0v) is 11.8. The molecule has 0 spiro atoms. The van der Waals surface area contributed by atoms with E-state index in [2.05, 4.69) is 5.43 Å². The van der Waals surface area contributed by atoms with E-state index in [9.17, 15) is 4.39 Å². The standard InChI is InChI=1S/C15H16ClFN2O/c1-20-15-9-11(4-7-13(15)16)14(19-18)8-10-2-5-12(17)6-3-10/h2-7,9,14,19H,8,18H2,1H3. The van der Waals surface area contributed by atoms with Crippen molar-refractivity contribution in [3.8, 4) is 5.75 Å². The zero-order valence-electron chi connectivity index (χ0n) is 11.1. The van der Waals surface area contributed by atoms with Gasteiger partial charge in [-0.3, -0.25) is 11.3 Å². The summed E-state index contributed by atoms with van der Waals surface area (Å²) in [5.41, 5.74) is 4.71. The first-order valence-corrected chi connectivity index (χ1v) is 6.56. The maximum absolute atomic E-state index is 12.9. The highest BCUT2D eigenvalue weighted by Crippen LogP contribution is 2.28. The topological polar surface area (TPSA) is 47.3 Å². The molecule has 3 nitrogen and oxygen atoms in total. The molecule has 106 valence electrons. The number of nitrogens with two attached hydrogens (primary N) is 1. The van der Waals surface area contributed by atoms with E-state index in [0.29, 0.717) is 17.2 Å². The van der Waals surface area contributed by atoms with Crippen molar-refractivity contribution in [2.24, 2.45) is 5.84 Å². The Morgan fingerprint density at radius 1 is 1.25 bits per heavy atom. The lowest BCUT2D eigenvalue weighted by Gasteiger charge is -2.17. The summed E-state index contributed by atoms with van der Waals surface area (Å²) < 4.78 is 18.1. The third-order valence-corrected chi connectivity index (χ3v) is 3.44. The first-order chi connectivity index (χ1) is 9.63. The minimum absolute atomic E-state index is 0.105. The monoisotopic (exact) mass is 294 g/mol. The number of nitrogens with one attached hydrogen (secondary N) is 1. The van der Waals surface area contributed by atoms with Crippen LogP contribution in [0.25, 0.3) is 0 Å². The lowest BCUT2D eigenvalue weighted by Crippen LogP contribution is -2.29. The molecule has 0 aliphatic carbocycles. The summed E-state index contributed by atoms with van der Waals surface area (Å²) in [5, 5.41) is 0.550. The maximum atomic E-state index is 12.9. The fourth-order valence-electron chi connectivity index (χ4n) is 2.02. The Hall–Kier alpha value is -1.62. The highest BCUT2D eigenvalue weighted by Gasteiger charge is 2.13. The zero-order chi connectivity index (χ0) is 14.5. The quantitative estimate of drug-likeness (QED) is 0.657. The molecule has 0 fully saturated rings. The molecule has 0 aliphatic heterocycles. The Bertz CT molecular complexity index is 575. The first-order valence-electron chi connectivity index (χ1n) is 6.18. The SMILES string of the molecule is COc1cc(C(Cc2ccc(F)cc2)NN)ccc1Cl. The summed E-state index contributed by atoms with van der Waals surface area (Å²) in [5.74, 6) is 5.96. The number of hydrazine groups is 1. The molecule has 2 rings (SSSR count). The molecule has 2 aromatic carbocycles. The van der Waals surface area contributed by atoms with Crippen LogP contribution < -0.4 is 16.0 Å². The van der Waals surface area contributed by atoms with Gasteiger partial charge >= 0.3 is 0 Å². The molecule has 0 bridgehead atoms. The van der Waals surface area contributed by atoms with Crippen LogP contribution in [0.1, 0.15) is 17.2 Å². The van der Waals surface area contributed by atoms with E-state index in [-0.39, 0.29) is 11.9 Å². The van der Waals surface area contributed by atoms with Crippen LogP contribution in [-0.2, 0) is 6.42 Å². The van der Waals surface area contributed by atoms with Gasteiger partial charge in [-0.05, 0) is 41.8 Å². The van der Waals surface area contributed by atoms with Crippen molar-refractivity contribution in [1.29, 1.82) is 0 Å². The average Bonchev–Trinajstić information content (AvgIpc) is 2.47. The number of rotatable bonds is 5. The third-order valence-electron chi connectivity index (χ3n) is 3.13. The number of methoxy groups -OCH3 is 1. The largest absolute Gasteiger partial charge is 0.495 e. The van der Waals surface area contributed by atoms with E-state index in [1.807, 2.05) is 12.1 Å². The second kappa shape index (κ2) is 6.70. The Kier molecular flexibility index (Phi) is 4.95. The van der Waals surface area contributed by atoms with Crippen molar-refractivity contribution in [3.63, 3.8) is 0 Å². The normalized spacial score (nSPS) is 12.2. The van der Waals surface area contributed by atoms with Gasteiger partial charge in [0.05, 0.1) is 18.2 Å². The molecule has 0 aliphatic rings. The van der Waals surface area contributed by atoms with Crippen molar-refractivity contribution in [3.05, 3.63) is 64.4 Å². The van der Waals surface area contributed by atoms with E-state index in [1.165, 1.54) is 12.1 Å². The predicted octanol–water partition coefficient (Wildman–Crippen LogP) is 3.23. The number of hydrogen-bond acceptors (Lipinski definition) is 3. The Morgan fingerprint density at radius 3 is 2.55 bits per heavy atom. The minimum Gasteiger partial charge on any atom is -0.495 e. The van der Waals surface area contributed by atoms with Crippen molar-refractivity contribution in [1.82, 2.24) is 5.43 Å². The molecule has 0 amide bonds. The van der Waals surface area contributed by atoms with Crippen LogP contribution in [0.2, 0.25) is 5.02 Å². The maximum Gasteiger partial charge on any atom is 0.137 e. The van der Waals surface area contributed by atoms with E-state index in [4.69, 9.17) is 22.2 Å². The second-order valence-electron chi connectivity index (χ2n) is 4.44. The van der Waals surface area contributed by atoms with E-state index >= 15 is 0 Å². The summed E-state index contributed by atoms with van der Waals surface area (Å²) in [6.45, 7) is 0. The highest BCUT2D eigenvalue weighted by molar-refractivity contribution is 6.32. The van der Waals surface area contributed by atoms with Crippen LogP contribution in [0.4, 0.5) is 4.39 Å². The van der Waals surface area contributed by atoms with Crippen molar-refractivity contribution >= 4 is 11.6 Å². The number of benzene rings is 2. The van der Waals surface area contributed by atoms with Crippen molar-refractivity contribution < 1.29 is 9.13 Å². The Labute approximate surface area is 122 Å². The van der Waals surface area contributed by atoms with Crippen LogP contribution >= 0.6 is 11.6 Å². The third kappa shape index (κ3) is 3.48. The van der Waals surface area contributed by atoms with Crippen LogP contribution in [0.15, 0.2) is 42.5 Å². The molecule has 0 aromatic heterocycles. The summed E-state index contributed by atoms with van der Waals surface area (Å²) in [6, 6.07) is 11.8. The molecule has 5 heteroatoms. The summed E-state index contributed by atoms with van der Waals surface area (Å²) in [7, 11) is 1.57. The number of halogens is 2. The molecular formula is C15H16ClFN2O. The molecule has 0 saturated carbocycles. The molecule has 2 aromatic rings. The molecule has 0 saturated heterocycles. The van der Waals surface area contributed by atoms with Crippen molar-refractivity contribution in [2.45, 2.75) is 12.5 Å². The number of ether oxygens (including phenoxy) is 1. The van der Waals surface area contributed by atoms with Crippen molar-refractivity contribution in [2.75, 3.05) is 7.11 Å². The molecule has 1 unspecified atom stereocenters. The molecule has 0 heterocycles. The van der Waals surface area contributed by atoms with Gasteiger partial charge in [0.25, 0.3) is 0 Å². The van der Waals surface area contributed by atoms with Gasteiger partial charge < -0.3 is 4.74 Å². The minimum atomic E-state index is -0.251. The summed E-state index contributed by atoms with van der Waals surface area (Å²) in [4.78, 5) is 0. The van der Waals surface area contributed by atoms with Gasteiger partial charge in [0.1, 0.15) is 11.6 Å². The lowest BCUT2D eigenvalue weighted by atomic mass is 9.99. The van der Waals surface area contributed by atoms with E-state index < -0.39 is 0 Å². The highest BCUT2D eigenvalue weighted by atomic mass is 35.5. The lowest BCUT2D eigenvalue weighted by molar-refractivity contribution is 0.413. The van der Waals surface area contributed by atoms with Crippen LogP contribution in [0.3, 0.4) is 0 Å². The Morgan fingerprint density at radius 2 is 1.95 bits per heavy atom. The predicted molar refractivity (Wildman–Crippen MR) is 78.2 cm³/mol. The molecular weight excluding hydrogens is 279 g/mol. The number of hydrogen-bond donors (Lipinski definition) is 2. The van der Waals surface area contributed by atoms with Gasteiger partial charge in [-0.1, -0.05) is 29.8 Å². The van der Waals surface area contributed by atoms with Gasteiger partial charge in [-0.25, -0.2) is 4.39 Å². The average molecular weight is 295 g/mol.